The molecule has 0 aliphatic rings. The number of hydrogen-bond acceptors (Lipinski definition) is 6. The maximum Gasteiger partial charge on any atom is 0.234 e. The number of imidazole rings is 1. The number of aromatic nitrogens is 4. The van der Waals surface area contributed by atoms with Crippen molar-refractivity contribution in [3.63, 3.8) is 0 Å². The Kier molecular flexibility index (Phi) is 5.56. The summed E-state index contributed by atoms with van der Waals surface area (Å²) in [6.45, 7) is 2.08. The minimum atomic E-state index is -0.0822. The summed E-state index contributed by atoms with van der Waals surface area (Å²) in [5.74, 6) is 0.201. The average Bonchev–Trinajstić information content (AvgIpc) is 3.53. The number of thioether (sulfide) groups is 1. The number of anilines is 1. The number of benzene rings is 4. The molecule has 1 N–H and O–H groups in total. The van der Waals surface area contributed by atoms with E-state index in [9.17, 15) is 4.79 Å². The van der Waals surface area contributed by atoms with E-state index < -0.39 is 0 Å². The predicted octanol–water partition coefficient (Wildman–Crippen LogP) is 7.35. The number of hydrogen-bond donors (Lipinski definition) is 1. The highest BCUT2D eigenvalue weighted by atomic mass is 32.2. The van der Waals surface area contributed by atoms with E-state index in [0.717, 1.165) is 53.3 Å². The summed E-state index contributed by atoms with van der Waals surface area (Å²) in [6.07, 6.45) is 0. The Bertz CT molecular complexity index is 1960. The van der Waals surface area contributed by atoms with Crippen LogP contribution >= 0.6 is 23.1 Å². The number of thiazole rings is 1. The Morgan fingerprint density at radius 1 is 0.895 bits per heavy atom. The molecule has 0 atom stereocenters. The summed E-state index contributed by atoms with van der Waals surface area (Å²) in [7, 11) is 0. The summed E-state index contributed by atoms with van der Waals surface area (Å²) in [4.78, 5) is 22.3. The molecule has 3 heterocycles. The summed E-state index contributed by atoms with van der Waals surface area (Å²) in [6, 6.07) is 30.4. The van der Waals surface area contributed by atoms with E-state index in [4.69, 9.17) is 10.1 Å². The molecule has 0 radical (unpaired) electrons. The van der Waals surface area contributed by atoms with Crippen LogP contribution in [-0.2, 0) is 4.79 Å². The maximum atomic E-state index is 12.8. The lowest BCUT2D eigenvalue weighted by Gasteiger charge is -2.09. The van der Waals surface area contributed by atoms with Gasteiger partial charge in [0.15, 0.2) is 9.99 Å². The van der Waals surface area contributed by atoms with Crippen LogP contribution in [0.25, 0.3) is 48.9 Å². The van der Waals surface area contributed by atoms with Crippen molar-refractivity contribution in [3.8, 4) is 11.3 Å². The minimum Gasteiger partial charge on any atom is -0.325 e. The number of nitrogens with one attached hydrogen (secondary N) is 1. The van der Waals surface area contributed by atoms with Crippen LogP contribution in [0.4, 0.5) is 5.69 Å². The second-order valence-corrected chi connectivity index (χ2v) is 11.3. The molecule has 0 saturated heterocycles. The highest BCUT2D eigenvalue weighted by Gasteiger charge is 2.15. The average molecular weight is 532 g/mol. The first kappa shape index (κ1) is 22.9. The second kappa shape index (κ2) is 9.24. The smallest absolute Gasteiger partial charge is 0.234 e. The molecular formula is C30H21N5OS2. The van der Waals surface area contributed by atoms with Crippen molar-refractivity contribution in [3.05, 3.63) is 96.6 Å². The first-order chi connectivity index (χ1) is 18.6. The van der Waals surface area contributed by atoms with Crippen molar-refractivity contribution in [1.82, 2.24) is 19.6 Å². The number of nitrogens with zero attached hydrogens (tertiary/aromatic N) is 4. The molecule has 0 bridgehead atoms. The summed E-state index contributed by atoms with van der Waals surface area (Å²) in [5, 5.41) is 10.2. The van der Waals surface area contributed by atoms with Crippen molar-refractivity contribution in [2.24, 2.45) is 0 Å². The molecular weight excluding hydrogens is 510 g/mol. The Labute approximate surface area is 226 Å². The van der Waals surface area contributed by atoms with Crippen LogP contribution in [-0.4, -0.2) is 31.2 Å². The van der Waals surface area contributed by atoms with Gasteiger partial charge in [-0.2, -0.15) is 5.10 Å². The van der Waals surface area contributed by atoms with Crippen LogP contribution in [0.2, 0.25) is 0 Å². The van der Waals surface area contributed by atoms with Crippen LogP contribution in [0.5, 0.6) is 0 Å². The van der Waals surface area contributed by atoms with Gasteiger partial charge < -0.3 is 5.32 Å². The lowest BCUT2D eigenvalue weighted by molar-refractivity contribution is -0.113. The third-order valence-corrected chi connectivity index (χ3v) is 8.64. The fourth-order valence-electron chi connectivity index (χ4n) is 4.62. The third-order valence-electron chi connectivity index (χ3n) is 6.46. The first-order valence-corrected chi connectivity index (χ1v) is 14.0. The molecule has 7 rings (SSSR count). The third kappa shape index (κ3) is 4.08. The van der Waals surface area contributed by atoms with Crippen molar-refractivity contribution in [2.75, 3.05) is 11.1 Å². The van der Waals surface area contributed by atoms with Gasteiger partial charge in [-0.1, -0.05) is 78.0 Å². The molecule has 0 saturated carbocycles. The first-order valence-electron chi connectivity index (χ1n) is 12.2. The molecule has 0 spiro atoms. The van der Waals surface area contributed by atoms with Gasteiger partial charge in [-0.05, 0) is 37.3 Å². The van der Waals surface area contributed by atoms with Crippen LogP contribution < -0.4 is 5.32 Å². The Hall–Kier alpha value is -4.27. The molecule has 8 heteroatoms. The van der Waals surface area contributed by atoms with Crippen molar-refractivity contribution in [1.29, 1.82) is 0 Å². The van der Waals surface area contributed by atoms with Gasteiger partial charge in [0.25, 0.3) is 0 Å². The van der Waals surface area contributed by atoms with Gasteiger partial charge >= 0.3 is 0 Å². The van der Waals surface area contributed by atoms with Gasteiger partial charge in [-0.25, -0.2) is 14.5 Å². The van der Waals surface area contributed by atoms with Crippen molar-refractivity contribution >= 4 is 72.4 Å². The molecule has 0 fully saturated rings. The quantitative estimate of drug-likeness (QED) is 0.235. The number of fused-ring (bicyclic) bond motifs is 6. The summed E-state index contributed by atoms with van der Waals surface area (Å²) >= 11 is 3.05. The maximum absolute atomic E-state index is 12.8. The van der Waals surface area contributed by atoms with Crippen LogP contribution in [0.3, 0.4) is 0 Å². The highest BCUT2D eigenvalue weighted by molar-refractivity contribution is 8.01. The molecule has 7 aromatic rings. The van der Waals surface area contributed by atoms with E-state index in [1.54, 1.807) is 11.3 Å². The standard InChI is InChI=1S/C30H21N5OS2/c1-18-10-12-19(13-11-18)28-21-6-2-3-7-22(21)29-32-23-15-14-20(16-25(23)35(29)34-28)31-27(36)17-37-30-33-24-8-4-5-9-26(24)38-30/h2-16H,17H2,1H3,(H,31,36). The number of para-hydroxylation sites is 1. The van der Waals surface area contributed by atoms with Crippen LogP contribution in [0.15, 0.2) is 95.3 Å². The van der Waals surface area contributed by atoms with Gasteiger partial charge in [0.2, 0.25) is 5.91 Å². The molecule has 6 nitrogen and oxygen atoms in total. The number of amides is 1. The normalized spacial score (nSPS) is 11.6. The van der Waals surface area contributed by atoms with Gasteiger partial charge in [0.1, 0.15) is 0 Å². The van der Waals surface area contributed by atoms with Crippen molar-refractivity contribution in [2.45, 2.75) is 11.3 Å². The topological polar surface area (TPSA) is 72.2 Å². The number of rotatable bonds is 5. The Balaban J connectivity index is 1.22. The Morgan fingerprint density at radius 2 is 1.68 bits per heavy atom. The van der Waals surface area contributed by atoms with E-state index in [1.807, 2.05) is 59.1 Å². The zero-order valence-corrected chi connectivity index (χ0v) is 22.0. The zero-order valence-electron chi connectivity index (χ0n) is 20.4. The fourth-order valence-corrected chi connectivity index (χ4v) is 6.49. The molecule has 4 aromatic carbocycles. The van der Waals surface area contributed by atoms with E-state index in [2.05, 4.69) is 53.6 Å². The molecule has 38 heavy (non-hydrogen) atoms. The number of carbonyl (C=O) groups is 1. The minimum absolute atomic E-state index is 0.0822. The van der Waals surface area contributed by atoms with E-state index in [0.29, 0.717) is 5.69 Å². The number of aryl methyl sites for hydroxylation is 1. The summed E-state index contributed by atoms with van der Waals surface area (Å²) < 4.78 is 3.90. The van der Waals surface area contributed by atoms with Gasteiger partial charge in [-0.3, -0.25) is 4.79 Å². The molecule has 184 valence electrons. The van der Waals surface area contributed by atoms with Crippen LogP contribution in [0, 0.1) is 6.92 Å². The lowest BCUT2D eigenvalue weighted by atomic mass is 10.0. The van der Waals surface area contributed by atoms with Crippen molar-refractivity contribution < 1.29 is 4.79 Å². The molecule has 0 unspecified atom stereocenters. The largest absolute Gasteiger partial charge is 0.325 e. The predicted molar refractivity (Wildman–Crippen MR) is 157 cm³/mol. The SMILES string of the molecule is Cc1ccc(-c2nn3c4cc(NC(=O)CSc5nc6ccccc6s5)ccc4nc3c3ccccc23)cc1. The lowest BCUT2D eigenvalue weighted by Crippen LogP contribution is -2.13. The molecule has 0 aliphatic carbocycles. The molecule has 3 aromatic heterocycles. The second-order valence-electron chi connectivity index (χ2n) is 9.10. The fraction of sp³-hybridized carbons (Fsp3) is 0.0667. The highest BCUT2D eigenvalue weighted by Crippen LogP contribution is 2.32. The van der Waals surface area contributed by atoms with Gasteiger partial charge in [0.05, 0.1) is 32.7 Å². The monoisotopic (exact) mass is 531 g/mol. The molecule has 0 aliphatic heterocycles. The van der Waals surface area contributed by atoms with Gasteiger partial charge in [-0.15, -0.1) is 11.3 Å². The van der Waals surface area contributed by atoms with Crippen LogP contribution in [0.1, 0.15) is 5.56 Å². The molecule has 1 amide bonds. The number of carbonyl (C=O) groups excluding carboxylic acids is 1. The zero-order chi connectivity index (χ0) is 25.6. The Morgan fingerprint density at radius 3 is 2.53 bits per heavy atom. The van der Waals surface area contributed by atoms with E-state index >= 15 is 0 Å². The van der Waals surface area contributed by atoms with E-state index in [-0.39, 0.29) is 11.7 Å². The van der Waals surface area contributed by atoms with Gasteiger partial charge in [0, 0.05) is 22.0 Å². The van der Waals surface area contributed by atoms with E-state index in [1.165, 1.54) is 17.3 Å². The summed E-state index contributed by atoms with van der Waals surface area (Å²) in [5.41, 5.74) is 7.28.